The van der Waals surface area contributed by atoms with E-state index in [0.29, 0.717) is 19.3 Å². The van der Waals surface area contributed by atoms with Gasteiger partial charge >= 0.3 is 0 Å². The Labute approximate surface area is 168 Å². The number of anilines is 2. The number of carbonyl (C=O) groups is 1. The topological polar surface area (TPSA) is 81.5 Å². The number of nitrogens with zero attached hydrogens (tertiary/aromatic N) is 4. The zero-order chi connectivity index (χ0) is 19.5. The van der Waals surface area contributed by atoms with Crippen LogP contribution in [0.4, 0.5) is 11.6 Å². The van der Waals surface area contributed by atoms with Crippen molar-refractivity contribution < 1.29 is 14.3 Å². The summed E-state index contributed by atoms with van der Waals surface area (Å²) in [5.74, 6) is 1.60. The minimum absolute atomic E-state index is 0.0616. The highest BCUT2D eigenvalue weighted by molar-refractivity contribution is 8.00. The van der Waals surface area contributed by atoms with E-state index in [-0.39, 0.29) is 11.2 Å². The van der Waals surface area contributed by atoms with E-state index < -0.39 is 0 Å². The fourth-order valence-corrected chi connectivity index (χ4v) is 4.03. The molecular weight excluding hydrogens is 378 g/mol. The van der Waals surface area contributed by atoms with Gasteiger partial charge in [-0.25, -0.2) is 0 Å². The molecule has 1 N–H and O–H groups in total. The van der Waals surface area contributed by atoms with E-state index in [1.165, 1.54) is 11.8 Å². The van der Waals surface area contributed by atoms with E-state index in [9.17, 15) is 4.79 Å². The summed E-state index contributed by atoms with van der Waals surface area (Å²) < 4.78 is 12.8. The number of morpholine rings is 1. The van der Waals surface area contributed by atoms with Gasteiger partial charge in [0.15, 0.2) is 5.16 Å². The first kappa shape index (κ1) is 19.1. The highest BCUT2D eigenvalue weighted by Crippen LogP contribution is 2.41. The van der Waals surface area contributed by atoms with Crippen LogP contribution in [0.25, 0.3) is 0 Å². The maximum Gasteiger partial charge on any atom is 0.237 e. The Balaban J connectivity index is 1.44. The van der Waals surface area contributed by atoms with Gasteiger partial charge < -0.3 is 19.7 Å². The van der Waals surface area contributed by atoms with Crippen molar-refractivity contribution in [2.75, 3.05) is 43.6 Å². The highest BCUT2D eigenvalue weighted by Gasteiger charge is 2.33. The van der Waals surface area contributed by atoms with Crippen LogP contribution < -0.4 is 15.0 Å². The van der Waals surface area contributed by atoms with Crippen LogP contribution in [-0.2, 0) is 9.53 Å². The van der Waals surface area contributed by atoms with Crippen molar-refractivity contribution in [2.45, 2.75) is 36.2 Å². The quantitative estimate of drug-likeness (QED) is 0.712. The van der Waals surface area contributed by atoms with Gasteiger partial charge in [-0.3, -0.25) is 9.36 Å². The van der Waals surface area contributed by atoms with Crippen LogP contribution in [0.2, 0.25) is 0 Å². The molecule has 2 aliphatic rings. The fraction of sp³-hybridized carbons (Fsp3) is 0.526. The standard InChI is InChI=1S/C19H25N5O3S/c1-13(17(25)20-14-3-7-16(26-2)8-4-14)28-19-22-21-18(24(19)15-5-6-15)23-9-11-27-12-10-23/h3-4,7-8,13,15H,5-6,9-12H2,1-2H3,(H,20,25). The maximum absolute atomic E-state index is 12.6. The number of hydrogen-bond acceptors (Lipinski definition) is 7. The maximum atomic E-state index is 12.6. The Bertz CT molecular complexity index is 815. The lowest BCUT2D eigenvalue weighted by Gasteiger charge is -2.28. The normalized spacial score (nSPS) is 18.0. The van der Waals surface area contributed by atoms with E-state index in [2.05, 4.69) is 25.0 Å². The van der Waals surface area contributed by atoms with Crippen LogP contribution in [0, 0.1) is 0 Å². The highest BCUT2D eigenvalue weighted by atomic mass is 32.2. The first-order valence-corrected chi connectivity index (χ1v) is 10.4. The number of hydrogen-bond donors (Lipinski definition) is 1. The van der Waals surface area contributed by atoms with Crippen LogP contribution in [0.5, 0.6) is 5.75 Å². The molecule has 1 aromatic heterocycles. The predicted molar refractivity (Wildman–Crippen MR) is 108 cm³/mol. The van der Waals surface area contributed by atoms with Gasteiger partial charge in [0.2, 0.25) is 11.9 Å². The van der Waals surface area contributed by atoms with Gasteiger partial charge in [0, 0.05) is 24.8 Å². The van der Waals surface area contributed by atoms with Crippen molar-refractivity contribution in [2.24, 2.45) is 0 Å². The number of nitrogens with one attached hydrogen (secondary N) is 1. The monoisotopic (exact) mass is 403 g/mol. The molecular formula is C19H25N5O3S. The van der Waals surface area contributed by atoms with Crippen LogP contribution in [-0.4, -0.2) is 59.3 Å². The molecule has 1 saturated carbocycles. The van der Waals surface area contributed by atoms with Crippen LogP contribution in [0.1, 0.15) is 25.8 Å². The summed E-state index contributed by atoms with van der Waals surface area (Å²) in [5, 5.41) is 12.3. The third-order valence-electron chi connectivity index (χ3n) is 4.86. The molecule has 0 bridgehead atoms. The Kier molecular flexibility index (Phi) is 5.72. The molecule has 4 rings (SSSR count). The molecule has 0 spiro atoms. The third-order valence-corrected chi connectivity index (χ3v) is 5.92. The second kappa shape index (κ2) is 8.40. The first-order chi connectivity index (χ1) is 13.7. The van der Waals surface area contributed by atoms with Gasteiger partial charge in [0.05, 0.1) is 25.6 Å². The van der Waals surface area contributed by atoms with Crippen molar-refractivity contribution >= 4 is 29.3 Å². The summed E-state index contributed by atoms with van der Waals surface area (Å²) in [6, 6.07) is 7.75. The molecule has 1 aromatic carbocycles. The Morgan fingerprint density at radius 1 is 1.25 bits per heavy atom. The second-order valence-corrected chi connectivity index (χ2v) is 8.27. The fourth-order valence-electron chi connectivity index (χ4n) is 3.11. The van der Waals surface area contributed by atoms with Gasteiger partial charge in [0.1, 0.15) is 5.75 Å². The molecule has 2 fully saturated rings. The molecule has 28 heavy (non-hydrogen) atoms. The molecule has 1 atom stereocenters. The summed E-state index contributed by atoms with van der Waals surface area (Å²) in [4.78, 5) is 14.9. The number of rotatable bonds is 7. The minimum Gasteiger partial charge on any atom is -0.497 e. The second-order valence-electron chi connectivity index (χ2n) is 6.96. The Morgan fingerprint density at radius 3 is 2.61 bits per heavy atom. The molecule has 2 aromatic rings. The summed E-state index contributed by atoms with van der Waals surface area (Å²) in [7, 11) is 1.62. The van der Waals surface area contributed by atoms with Gasteiger partial charge in [0.25, 0.3) is 0 Å². The average molecular weight is 404 g/mol. The zero-order valence-electron chi connectivity index (χ0n) is 16.1. The van der Waals surface area contributed by atoms with Gasteiger partial charge in [-0.05, 0) is 44.0 Å². The lowest BCUT2D eigenvalue weighted by molar-refractivity contribution is -0.115. The number of carbonyl (C=O) groups excluding carboxylic acids is 1. The number of amides is 1. The largest absolute Gasteiger partial charge is 0.497 e. The molecule has 9 heteroatoms. The van der Waals surface area contributed by atoms with Crippen LogP contribution in [0.15, 0.2) is 29.4 Å². The molecule has 1 saturated heterocycles. The lowest BCUT2D eigenvalue weighted by atomic mass is 10.3. The van der Waals surface area contributed by atoms with E-state index in [1.54, 1.807) is 7.11 Å². The van der Waals surface area contributed by atoms with Crippen molar-refractivity contribution in [1.82, 2.24) is 14.8 Å². The molecule has 1 amide bonds. The number of benzene rings is 1. The van der Waals surface area contributed by atoms with E-state index in [0.717, 1.165) is 48.5 Å². The van der Waals surface area contributed by atoms with Gasteiger partial charge in [-0.15, -0.1) is 10.2 Å². The number of thioether (sulfide) groups is 1. The minimum atomic E-state index is -0.290. The third kappa shape index (κ3) is 4.25. The number of ether oxygens (including phenoxy) is 2. The Morgan fingerprint density at radius 2 is 1.96 bits per heavy atom. The predicted octanol–water partition coefficient (Wildman–Crippen LogP) is 2.58. The van der Waals surface area contributed by atoms with E-state index in [4.69, 9.17) is 9.47 Å². The van der Waals surface area contributed by atoms with E-state index >= 15 is 0 Å². The number of methoxy groups -OCH3 is 1. The zero-order valence-corrected chi connectivity index (χ0v) is 16.9. The molecule has 8 nitrogen and oxygen atoms in total. The van der Waals surface area contributed by atoms with Crippen LogP contribution in [0.3, 0.4) is 0 Å². The van der Waals surface area contributed by atoms with Gasteiger partial charge in [-0.1, -0.05) is 11.8 Å². The van der Waals surface area contributed by atoms with Gasteiger partial charge in [-0.2, -0.15) is 0 Å². The SMILES string of the molecule is COc1ccc(NC(=O)C(C)Sc2nnc(N3CCOCC3)n2C2CC2)cc1. The number of aromatic nitrogens is 3. The summed E-state index contributed by atoms with van der Waals surface area (Å²) >= 11 is 1.45. The average Bonchev–Trinajstić information content (AvgIpc) is 3.49. The molecule has 1 aliphatic heterocycles. The van der Waals surface area contributed by atoms with Crippen molar-refractivity contribution in [3.63, 3.8) is 0 Å². The van der Waals surface area contributed by atoms with Crippen molar-refractivity contribution in [1.29, 1.82) is 0 Å². The summed E-state index contributed by atoms with van der Waals surface area (Å²) in [6.07, 6.45) is 2.27. The first-order valence-electron chi connectivity index (χ1n) is 9.55. The molecule has 150 valence electrons. The van der Waals surface area contributed by atoms with E-state index in [1.807, 2.05) is 31.2 Å². The summed E-state index contributed by atoms with van der Waals surface area (Å²) in [5.41, 5.74) is 0.746. The van der Waals surface area contributed by atoms with Crippen molar-refractivity contribution in [3.05, 3.63) is 24.3 Å². The lowest BCUT2D eigenvalue weighted by Crippen LogP contribution is -2.38. The molecule has 1 unspecified atom stereocenters. The van der Waals surface area contributed by atoms with Crippen molar-refractivity contribution in [3.8, 4) is 5.75 Å². The van der Waals surface area contributed by atoms with Crippen LogP contribution >= 0.6 is 11.8 Å². The Hall–Kier alpha value is -2.26. The molecule has 2 heterocycles. The molecule has 0 radical (unpaired) electrons. The molecule has 1 aliphatic carbocycles. The summed E-state index contributed by atoms with van der Waals surface area (Å²) in [6.45, 7) is 4.96. The smallest absolute Gasteiger partial charge is 0.237 e.